The standard InChI is InChI=1S/C39H39ClFN7O6/c1-38(2)36(39(3,4)37(38)54-24-8-5-21(18-42)26(40)17-24)45-32(50)22-7-11-28(43-19-22)47-15-13-46(14-16-47)20-23-6-9-25-30(31(23)41)35(53)48(34(25)52)27-10-12-29(49)44-33(27)51/h5-9,11,17,19,27,36-37H,10,12-16,20H2,1-4H3,(H,45,50)(H,44,49,51)/t27?,36-,37-. The molecule has 1 atom stereocenters. The van der Waals surface area contributed by atoms with E-state index < -0.39 is 46.3 Å². The van der Waals surface area contributed by atoms with Crippen LogP contribution in [0.4, 0.5) is 10.2 Å². The summed E-state index contributed by atoms with van der Waals surface area (Å²) < 4.78 is 22.1. The molecule has 280 valence electrons. The fourth-order valence-electron chi connectivity index (χ4n) is 8.58. The van der Waals surface area contributed by atoms with Gasteiger partial charge in [-0.15, -0.1) is 0 Å². The van der Waals surface area contributed by atoms with Crippen LogP contribution in [0.25, 0.3) is 0 Å². The van der Waals surface area contributed by atoms with Gasteiger partial charge in [-0.05, 0) is 36.8 Å². The third-order valence-corrected chi connectivity index (χ3v) is 11.5. The number of aromatic nitrogens is 1. The van der Waals surface area contributed by atoms with E-state index in [2.05, 4.69) is 20.5 Å². The summed E-state index contributed by atoms with van der Waals surface area (Å²) in [6, 6.07) is 12.1. The number of pyridine rings is 1. The highest BCUT2D eigenvalue weighted by molar-refractivity contribution is 6.31. The molecule has 3 aliphatic heterocycles. The minimum absolute atomic E-state index is 0.00736. The van der Waals surface area contributed by atoms with Gasteiger partial charge in [0.2, 0.25) is 11.8 Å². The molecule has 1 unspecified atom stereocenters. The second-order valence-electron chi connectivity index (χ2n) is 15.4. The molecule has 15 heteroatoms. The van der Waals surface area contributed by atoms with Crippen LogP contribution in [-0.4, -0.2) is 88.7 Å². The molecule has 2 saturated heterocycles. The van der Waals surface area contributed by atoms with Gasteiger partial charge in [0.1, 0.15) is 35.6 Å². The zero-order valence-electron chi connectivity index (χ0n) is 30.2. The Kier molecular flexibility index (Phi) is 9.43. The molecule has 1 aliphatic carbocycles. The average Bonchev–Trinajstić information content (AvgIpc) is 3.39. The van der Waals surface area contributed by atoms with Gasteiger partial charge >= 0.3 is 0 Å². The molecule has 0 radical (unpaired) electrons. The molecule has 3 fully saturated rings. The van der Waals surface area contributed by atoms with E-state index >= 15 is 4.39 Å². The summed E-state index contributed by atoms with van der Waals surface area (Å²) >= 11 is 6.22. The number of piperidine rings is 1. The van der Waals surface area contributed by atoms with Crippen LogP contribution in [0.2, 0.25) is 5.02 Å². The summed E-state index contributed by atoms with van der Waals surface area (Å²) in [6.07, 6.45) is 1.29. The zero-order chi connectivity index (χ0) is 38.7. The number of hydrogen-bond acceptors (Lipinski definition) is 10. The second-order valence-corrected chi connectivity index (χ2v) is 15.8. The highest BCUT2D eigenvalue weighted by atomic mass is 35.5. The van der Waals surface area contributed by atoms with Gasteiger partial charge in [-0.3, -0.25) is 39.1 Å². The van der Waals surface area contributed by atoms with Gasteiger partial charge in [-0.25, -0.2) is 9.37 Å². The lowest BCUT2D eigenvalue weighted by molar-refractivity contribution is -0.164. The van der Waals surface area contributed by atoms with Crippen molar-refractivity contribution in [3.63, 3.8) is 0 Å². The number of nitrogens with one attached hydrogen (secondary N) is 2. The SMILES string of the molecule is CC1(C)[C@H](NC(=O)c2ccc(N3CCN(Cc4ccc5c(c4F)C(=O)N(C4CCC(=O)NC4=O)C5=O)CC3)nc2)C(C)(C)[C@H]1Oc1ccc(C#N)c(Cl)c1. The van der Waals surface area contributed by atoms with E-state index in [1.54, 1.807) is 36.5 Å². The van der Waals surface area contributed by atoms with E-state index in [1.165, 1.54) is 12.1 Å². The first-order valence-corrected chi connectivity index (χ1v) is 18.1. The van der Waals surface area contributed by atoms with Gasteiger partial charge in [-0.2, -0.15) is 5.26 Å². The Labute approximate surface area is 316 Å². The number of hydrogen-bond donors (Lipinski definition) is 2. The van der Waals surface area contributed by atoms with Crippen molar-refractivity contribution in [1.82, 2.24) is 25.4 Å². The summed E-state index contributed by atoms with van der Waals surface area (Å²) in [5, 5.41) is 14.8. The summed E-state index contributed by atoms with van der Waals surface area (Å²) in [7, 11) is 0. The number of rotatable bonds is 8. The van der Waals surface area contributed by atoms with Crippen molar-refractivity contribution in [3.05, 3.63) is 87.3 Å². The fourth-order valence-corrected chi connectivity index (χ4v) is 8.79. The van der Waals surface area contributed by atoms with Crippen LogP contribution in [-0.2, 0) is 16.1 Å². The minimum atomic E-state index is -1.17. The van der Waals surface area contributed by atoms with E-state index in [0.29, 0.717) is 53.9 Å². The number of ether oxygens (including phenoxy) is 1. The molecule has 54 heavy (non-hydrogen) atoms. The Morgan fingerprint density at radius 2 is 1.76 bits per heavy atom. The number of anilines is 1. The number of imide groups is 2. The van der Waals surface area contributed by atoms with Gasteiger partial charge < -0.3 is 15.0 Å². The van der Waals surface area contributed by atoms with Crippen molar-refractivity contribution in [1.29, 1.82) is 5.26 Å². The number of benzene rings is 2. The summed E-state index contributed by atoms with van der Waals surface area (Å²) in [5.41, 5.74) is -0.228. The Bertz CT molecular complexity index is 2110. The Morgan fingerprint density at radius 3 is 2.39 bits per heavy atom. The molecule has 4 aliphatic rings. The smallest absolute Gasteiger partial charge is 0.265 e. The van der Waals surface area contributed by atoms with Crippen LogP contribution in [0.3, 0.4) is 0 Å². The van der Waals surface area contributed by atoms with Crippen LogP contribution in [0, 0.1) is 28.0 Å². The lowest BCUT2D eigenvalue weighted by atomic mass is 9.49. The van der Waals surface area contributed by atoms with Crippen LogP contribution in [0.1, 0.15) is 82.7 Å². The van der Waals surface area contributed by atoms with E-state index in [1.807, 2.05) is 38.7 Å². The molecule has 2 aromatic carbocycles. The molecule has 7 rings (SSSR count). The number of nitrogens with zero attached hydrogens (tertiary/aromatic N) is 5. The summed E-state index contributed by atoms with van der Waals surface area (Å²) in [6.45, 7) is 10.7. The van der Waals surface area contributed by atoms with Crippen LogP contribution in [0.15, 0.2) is 48.7 Å². The first-order valence-electron chi connectivity index (χ1n) is 17.7. The van der Waals surface area contributed by atoms with Crippen molar-refractivity contribution in [3.8, 4) is 11.8 Å². The predicted molar refractivity (Wildman–Crippen MR) is 194 cm³/mol. The number of halogens is 2. The van der Waals surface area contributed by atoms with Gasteiger partial charge in [0.05, 0.1) is 27.3 Å². The number of piperazine rings is 1. The first kappa shape index (κ1) is 36.9. The molecule has 3 aromatic rings. The van der Waals surface area contributed by atoms with Gasteiger partial charge in [0.15, 0.2) is 0 Å². The number of carbonyl (C=O) groups excluding carboxylic acids is 5. The zero-order valence-corrected chi connectivity index (χ0v) is 31.0. The van der Waals surface area contributed by atoms with Crippen LogP contribution < -0.4 is 20.3 Å². The van der Waals surface area contributed by atoms with Gasteiger partial charge in [0.25, 0.3) is 17.7 Å². The van der Waals surface area contributed by atoms with Crippen molar-refractivity contribution < 1.29 is 33.1 Å². The van der Waals surface area contributed by atoms with Crippen LogP contribution in [0.5, 0.6) is 5.75 Å². The Morgan fingerprint density at radius 1 is 1.04 bits per heavy atom. The molecule has 2 N–H and O–H groups in total. The van der Waals surface area contributed by atoms with E-state index in [4.69, 9.17) is 16.3 Å². The molecular formula is C39H39ClFN7O6. The number of amides is 5. The molecule has 4 heterocycles. The Hall–Kier alpha value is -5.39. The van der Waals surface area contributed by atoms with Crippen molar-refractivity contribution in [2.75, 3.05) is 31.1 Å². The third kappa shape index (κ3) is 6.35. The lowest BCUT2D eigenvalue weighted by Crippen LogP contribution is -2.74. The third-order valence-electron chi connectivity index (χ3n) is 11.2. The summed E-state index contributed by atoms with van der Waals surface area (Å²) in [4.78, 5) is 73.1. The maximum Gasteiger partial charge on any atom is 0.265 e. The molecule has 0 spiro atoms. The van der Waals surface area contributed by atoms with E-state index in [-0.39, 0.29) is 54.1 Å². The monoisotopic (exact) mass is 755 g/mol. The normalized spacial score (nSPS) is 23.3. The topological polar surface area (TPSA) is 165 Å². The molecule has 0 bridgehead atoms. The maximum absolute atomic E-state index is 15.8. The van der Waals surface area contributed by atoms with Crippen LogP contribution >= 0.6 is 11.6 Å². The second kappa shape index (κ2) is 13.8. The molecule has 13 nitrogen and oxygen atoms in total. The average molecular weight is 756 g/mol. The summed E-state index contributed by atoms with van der Waals surface area (Å²) in [5.74, 6) is -2.63. The molecular weight excluding hydrogens is 717 g/mol. The molecule has 1 saturated carbocycles. The van der Waals surface area contributed by atoms with Crippen molar-refractivity contribution in [2.24, 2.45) is 10.8 Å². The molecule has 5 amide bonds. The highest BCUT2D eigenvalue weighted by Crippen LogP contribution is 2.55. The number of carbonyl (C=O) groups is 5. The fraction of sp³-hybridized carbons (Fsp3) is 0.410. The predicted octanol–water partition coefficient (Wildman–Crippen LogP) is 4.08. The lowest BCUT2D eigenvalue weighted by Gasteiger charge is -2.63. The van der Waals surface area contributed by atoms with E-state index in [9.17, 15) is 29.2 Å². The maximum atomic E-state index is 15.8. The first-order chi connectivity index (χ1) is 25.6. The van der Waals surface area contributed by atoms with Crippen molar-refractivity contribution in [2.45, 2.75) is 65.3 Å². The Balaban J connectivity index is 0.934. The number of fused-ring (bicyclic) bond motifs is 1. The van der Waals surface area contributed by atoms with Crippen molar-refractivity contribution >= 4 is 47.0 Å². The van der Waals surface area contributed by atoms with Gasteiger partial charge in [0, 0.05) is 73.8 Å². The largest absolute Gasteiger partial charge is 0.489 e. The quantitative estimate of drug-likeness (QED) is 0.320. The van der Waals surface area contributed by atoms with E-state index in [0.717, 1.165) is 4.90 Å². The molecule has 1 aromatic heterocycles. The number of nitriles is 1. The highest BCUT2D eigenvalue weighted by Gasteiger charge is 2.64. The van der Waals surface area contributed by atoms with Gasteiger partial charge in [-0.1, -0.05) is 45.4 Å². The minimum Gasteiger partial charge on any atom is -0.489 e.